The van der Waals surface area contributed by atoms with Crippen LogP contribution in [0.5, 0.6) is 0 Å². The smallest absolute Gasteiger partial charge is 0.302 e. The van der Waals surface area contributed by atoms with E-state index in [1.165, 1.54) is 18.7 Å². The molecule has 2 rings (SSSR count). The van der Waals surface area contributed by atoms with Crippen LogP contribution in [0.2, 0.25) is 0 Å². The van der Waals surface area contributed by atoms with Gasteiger partial charge in [0, 0.05) is 11.8 Å². The number of esters is 1. The lowest BCUT2D eigenvalue weighted by Gasteiger charge is -2.32. The Labute approximate surface area is 130 Å². The number of ether oxygens (including phenoxy) is 2. The van der Waals surface area contributed by atoms with Crippen molar-refractivity contribution < 1.29 is 14.3 Å². The Balaban J connectivity index is 1.85. The van der Waals surface area contributed by atoms with Crippen molar-refractivity contribution in [2.45, 2.75) is 43.8 Å². The fraction of sp³-hybridized carbons (Fsp3) is 0.471. The molecule has 0 unspecified atom stereocenters. The molecule has 21 heavy (non-hydrogen) atoms. The van der Waals surface area contributed by atoms with Crippen molar-refractivity contribution in [2.24, 2.45) is 5.92 Å². The molecule has 112 valence electrons. The van der Waals surface area contributed by atoms with Gasteiger partial charge in [0.25, 0.3) is 0 Å². The first-order valence-corrected chi connectivity index (χ1v) is 7.98. The monoisotopic (exact) mass is 304 g/mol. The molecule has 0 radical (unpaired) electrons. The Morgan fingerprint density at radius 1 is 1.38 bits per heavy atom. The number of benzene rings is 1. The van der Waals surface area contributed by atoms with Crippen molar-refractivity contribution in [2.75, 3.05) is 6.61 Å². The summed E-state index contributed by atoms with van der Waals surface area (Å²) in [6.07, 6.45) is 1.85. The maximum absolute atomic E-state index is 10.9. The van der Waals surface area contributed by atoms with Gasteiger partial charge >= 0.3 is 5.97 Å². The van der Waals surface area contributed by atoms with E-state index in [0.717, 1.165) is 17.7 Å². The summed E-state index contributed by atoms with van der Waals surface area (Å²) in [5.74, 6) is 3.29. The zero-order valence-corrected chi connectivity index (χ0v) is 13.2. The topological polar surface area (TPSA) is 35.5 Å². The van der Waals surface area contributed by atoms with E-state index in [9.17, 15) is 4.79 Å². The Bertz CT molecular complexity index is 518. The van der Waals surface area contributed by atoms with E-state index in [0.29, 0.717) is 12.5 Å². The van der Waals surface area contributed by atoms with Gasteiger partial charge in [0.2, 0.25) is 0 Å². The van der Waals surface area contributed by atoms with Gasteiger partial charge in [0.05, 0.1) is 6.10 Å². The Morgan fingerprint density at radius 3 is 2.86 bits per heavy atom. The van der Waals surface area contributed by atoms with E-state index >= 15 is 0 Å². The summed E-state index contributed by atoms with van der Waals surface area (Å²) in [6, 6.07) is 10.1. The average molecular weight is 304 g/mol. The summed E-state index contributed by atoms with van der Waals surface area (Å²) in [6.45, 7) is 3.86. The van der Waals surface area contributed by atoms with Crippen molar-refractivity contribution >= 4 is 17.7 Å². The van der Waals surface area contributed by atoms with Crippen LogP contribution in [0.1, 0.15) is 26.7 Å². The van der Waals surface area contributed by atoms with Crippen LogP contribution >= 0.6 is 11.8 Å². The molecule has 0 aliphatic carbocycles. The molecule has 0 N–H and O–H groups in total. The third-order valence-corrected chi connectivity index (χ3v) is 4.17. The van der Waals surface area contributed by atoms with Crippen LogP contribution < -0.4 is 0 Å². The lowest BCUT2D eigenvalue weighted by molar-refractivity contribution is -0.150. The summed E-state index contributed by atoms with van der Waals surface area (Å²) in [5.41, 5.74) is 0. The van der Waals surface area contributed by atoms with Gasteiger partial charge in [-0.15, -0.1) is 0 Å². The van der Waals surface area contributed by atoms with E-state index in [1.807, 2.05) is 30.3 Å². The summed E-state index contributed by atoms with van der Waals surface area (Å²) < 4.78 is 11.0. The molecule has 3 atom stereocenters. The zero-order valence-electron chi connectivity index (χ0n) is 12.4. The molecular weight excluding hydrogens is 284 g/mol. The van der Waals surface area contributed by atoms with E-state index in [-0.39, 0.29) is 18.2 Å². The summed E-state index contributed by atoms with van der Waals surface area (Å²) in [4.78, 5) is 12.0. The molecule has 0 aromatic heterocycles. The third-order valence-electron chi connectivity index (χ3n) is 3.44. The van der Waals surface area contributed by atoms with Gasteiger partial charge in [0.1, 0.15) is 12.7 Å². The number of rotatable bonds is 3. The molecule has 1 fully saturated rings. The minimum absolute atomic E-state index is 0.0522. The first-order valence-electron chi connectivity index (χ1n) is 7.16. The Kier molecular flexibility index (Phi) is 6.16. The molecule has 3 nitrogen and oxygen atoms in total. The minimum atomic E-state index is -0.265. The first-order chi connectivity index (χ1) is 10.1. The van der Waals surface area contributed by atoms with Crippen LogP contribution in [0.25, 0.3) is 0 Å². The molecule has 1 aromatic rings. The summed E-state index contributed by atoms with van der Waals surface area (Å²) in [5, 5.41) is 3.11. The molecule has 1 heterocycles. The summed E-state index contributed by atoms with van der Waals surface area (Å²) in [7, 11) is 0. The van der Waals surface area contributed by atoms with Gasteiger partial charge in [-0.2, -0.15) is 0 Å². The lowest BCUT2D eigenvalue weighted by atomic mass is 9.94. The molecular formula is C17H20O3S. The van der Waals surface area contributed by atoms with Crippen LogP contribution in [0.4, 0.5) is 0 Å². The van der Waals surface area contributed by atoms with E-state index in [1.54, 1.807) is 0 Å². The molecule has 1 saturated heterocycles. The highest BCUT2D eigenvalue weighted by Crippen LogP contribution is 2.25. The largest absolute Gasteiger partial charge is 0.463 e. The van der Waals surface area contributed by atoms with E-state index in [2.05, 4.69) is 18.1 Å². The van der Waals surface area contributed by atoms with Crippen LogP contribution in [0.15, 0.2) is 35.2 Å². The van der Waals surface area contributed by atoms with Gasteiger partial charge in [-0.3, -0.25) is 4.79 Å². The SMILES string of the molecule is CC(=O)OC[C@H]1O[C@@H](C#CSc2ccccc2)CC[C@@H]1C. The van der Waals surface area contributed by atoms with Crippen molar-refractivity contribution in [3.8, 4) is 11.2 Å². The second kappa shape index (κ2) is 8.11. The second-order valence-electron chi connectivity index (χ2n) is 5.18. The van der Waals surface area contributed by atoms with E-state index in [4.69, 9.17) is 9.47 Å². The normalized spacial score (nSPS) is 24.8. The predicted molar refractivity (Wildman–Crippen MR) is 83.8 cm³/mol. The molecule has 0 saturated carbocycles. The molecule has 0 spiro atoms. The van der Waals surface area contributed by atoms with E-state index < -0.39 is 0 Å². The third kappa shape index (κ3) is 5.45. The van der Waals surface area contributed by atoms with Crippen molar-refractivity contribution in [3.63, 3.8) is 0 Å². The van der Waals surface area contributed by atoms with Gasteiger partial charge < -0.3 is 9.47 Å². The molecule has 1 aromatic carbocycles. The first kappa shape index (κ1) is 15.9. The fourth-order valence-electron chi connectivity index (χ4n) is 2.17. The van der Waals surface area contributed by atoms with Crippen LogP contribution in [0.3, 0.4) is 0 Å². The van der Waals surface area contributed by atoms with Gasteiger partial charge in [-0.25, -0.2) is 0 Å². The maximum Gasteiger partial charge on any atom is 0.302 e. The number of carbonyl (C=O) groups is 1. The average Bonchev–Trinajstić information content (AvgIpc) is 2.48. The highest BCUT2D eigenvalue weighted by molar-refractivity contribution is 8.03. The highest BCUT2D eigenvalue weighted by Gasteiger charge is 2.28. The van der Waals surface area contributed by atoms with Gasteiger partial charge in [-0.05, 0) is 47.9 Å². The van der Waals surface area contributed by atoms with Crippen LogP contribution in [-0.2, 0) is 14.3 Å². The molecule has 4 heteroatoms. The lowest BCUT2D eigenvalue weighted by Crippen LogP contribution is -2.36. The molecule has 1 aliphatic rings. The fourth-order valence-corrected chi connectivity index (χ4v) is 2.77. The standard InChI is InChI=1S/C17H20O3S/c1-13-8-9-15(20-17(13)12-19-14(2)18)10-11-21-16-6-4-3-5-7-16/h3-7,13,15,17H,8-9,12H2,1-2H3/t13-,15+,17+/m0/s1. The van der Waals surface area contributed by atoms with Crippen molar-refractivity contribution in [3.05, 3.63) is 30.3 Å². The Morgan fingerprint density at radius 2 is 2.14 bits per heavy atom. The number of thioether (sulfide) groups is 1. The van der Waals surface area contributed by atoms with Crippen molar-refractivity contribution in [1.82, 2.24) is 0 Å². The summed E-state index contributed by atoms with van der Waals surface area (Å²) >= 11 is 1.51. The molecule has 0 bridgehead atoms. The number of hydrogen-bond donors (Lipinski definition) is 0. The van der Waals surface area contributed by atoms with Crippen LogP contribution in [-0.4, -0.2) is 24.8 Å². The minimum Gasteiger partial charge on any atom is -0.463 e. The van der Waals surface area contributed by atoms with Gasteiger partial charge in [0.15, 0.2) is 0 Å². The van der Waals surface area contributed by atoms with Gasteiger partial charge in [-0.1, -0.05) is 31.0 Å². The Hall–Kier alpha value is -1.44. The second-order valence-corrected chi connectivity index (χ2v) is 6.06. The predicted octanol–water partition coefficient (Wildman–Crippen LogP) is 3.49. The molecule has 0 amide bonds. The number of carbonyl (C=O) groups excluding carboxylic acids is 1. The zero-order chi connectivity index (χ0) is 15.1. The number of hydrogen-bond acceptors (Lipinski definition) is 4. The highest BCUT2D eigenvalue weighted by atomic mass is 32.2. The van der Waals surface area contributed by atoms with Crippen molar-refractivity contribution in [1.29, 1.82) is 0 Å². The van der Waals surface area contributed by atoms with Crippen LogP contribution in [0, 0.1) is 17.1 Å². The molecule has 1 aliphatic heterocycles. The quantitative estimate of drug-likeness (QED) is 0.486. The maximum atomic E-state index is 10.9.